The van der Waals surface area contributed by atoms with Crippen LogP contribution in [0.3, 0.4) is 0 Å². The number of carbonyl (C=O) groups is 1. The molecule has 2 rings (SSSR count). The largest absolute Gasteiger partial charge is 0.494 e. The van der Waals surface area contributed by atoms with Crippen LogP contribution >= 0.6 is 0 Å². The number of nitrogens with zero attached hydrogens (tertiary/aromatic N) is 2. The lowest BCUT2D eigenvalue weighted by Crippen LogP contribution is -2.42. The van der Waals surface area contributed by atoms with E-state index in [2.05, 4.69) is 37.9 Å². The molecule has 0 aliphatic rings. The molecule has 0 N–H and O–H groups in total. The maximum absolute atomic E-state index is 12.7. The molecule has 0 fully saturated rings. The standard InChI is InChI=1S/C29H42N2O3/c1-7-28(4,5)29(6,8-2)27(32)34-22-14-10-9-13-21-33-25-19-17-24(18-20-25)30-31-26-16-12-11-15-23(26)3/h11-12,15-20H,7-10,13-14,21-22H2,1-6H3. The minimum Gasteiger partial charge on any atom is -0.494 e. The van der Waals surface area contributed by atoms with Crippen LogP contribution in [0.4, 0.5) is 11.4 Å². The fourth-order valence-corrected chi connectivity index (χ4v) is 3.76. The fourth-order valence-electron chi connectivity index (χ4n) is 3.76. The zero-order valence-electron chi connectivity index (χ0n) is 21.9. The zero-order chi connectivity index (χ0) is 25.0. The third-order valence-electron chi connectivity index (χ3n) is 7.30. The Bertz CT molecular complexity index is 921. The molecule has 0 aliphatic heterocycles. The molecule has 0 spiro atoms. The van der Waals surface area contributed by atoms with Crippen LogP contribution in [-0.2, 0) is 9.53 Å². The van der Waals surface area contributed by atoms with Crippen LogP contribution in [0.1, 0.15) is 78.7 Å². The second kappa shape index (κ2) is 13.3. The summed E-state index contributed by atoms with van der Waals surface area (Å²) in [5.41, 5.74) is 2.27. The van der Waals surface area contributed by atoms with Crippen molar-refractivity contribution < 1.29 is 14.3 Å². The SMILES string of the molecule is CCC(C)(C)C(C)(CC)C(=O)OCCCCCCOc1ccc(N=Nc2ccccc2C)cc1. The molecule has 0 saturated carbocycles. The first kappa shape index (κ1) is 27.6. The van der Waals surface area contributed by atoms with E-state index in [9.17, 15) is 4.79 Å². The molecule has 186 valence electrons. The van der Waals surface area contributed by atoms with Crippen LogP contribution in [0.15, 0.2) is 58.8 Å². The van der Waals surface area contributed by atoms with Gasteiger partial charge in [-0.3, -0.25) is 4.79 Å². The number of unbranched alkanes of at least 4 members (excludes halogenated alkanes) is 3. The summed E-state index contributed by atoms with van der Waals surface area (Å²) in [5, 5.41) is 8.62. The summed E-state index contributed by atoms with van der Waals surface area (Å²) in [7, 11) is 0. The maximum Gasteiger partial charge on any atom is 0.312 e. The molecule has 0 amide bonds. The van der Waals surface area contributed by atoms with E-state index in [4.69, 9.17) is 9.47 Å². The van der Waals surface area contributed by atoms with Crippen LogP contribution in [-0.4, -0.2) is 19.2 Å². The second-order valence-corrected chi connectivity index (χ2v) is 9.80. The van der Waals surface area contributed by atoms with Gasteiger partial charge in [-0.1, -0.05) is 45.9 Å². The molecular formula is C29H42N2O3. The van der Waals surface area contributed by atoms with Gasteiger partial charge in [0.1, 0.15) is 5.75 Å². The van der Waals surface area contributed by atoms with Crippen molar-refractivity contribution in [1.29, 1.82) is 0 Å². The van der Waals surface area contributed by atoms with Crippen LogP contribution < -0.4 is 4.74 Å². The predicted octanol–water partition coefficient (Wildman–Crippen LogP) is 8.75. The molecule has 0 bridgehead atoms. The number of esters is 1. The Labute approximate surface area is 206 Å². The molecule has 5 nitrogen and oxygen atoms in total. The Morgan fingerprint density at radius 2 is 1.47 bits per heavy atom. The highest BCUT2D eigenvalue weighted by Crippen LogP contribution is 2.45. The van der Waals surface area contributed by atoms with Gasteiger partial charge in [-0.25, -0.2) is 0 Å². The summed E-state index contributed by atoms with van der Waals surface area (Å²) in [4.78, 5) is 12.7. The average Bonchev–Trinajstić information content (AvgIpc) is 2.85. The number of hydrogen-bond acceptors (Lipinski definition) is 5. The first-order valence-corrected chi connectivity index (χ1v) is 12.6. The lowest BCUT2D eigenvalue weighted by atomic mass is 9.64. The monoisotopic (exact) mass is 466 g/mol. The Hall–Kier alpha value is -2.69. The van der Waals surface area contributed by atoms with Gasteiger partial charge < -0.3 is 9.47 Å². The summed E-state index contributed by atoms with van der Waals surface area (Å²) in [6, 6.07) is 15.6. The van der Waals surface area contributed by atoms with Crippen molar-refractivity contribution in [1.82, 2.24) is 0 Å². The highest BCUT2D eigenvalue weighted by Gasteiger charge is 2.45. The van der Waals surface area contributed by atoms with E-state index < -0.39 is 5.41 Å². The van der Waals surface area contributed by atoms with Gasteiger partial charge in [0, 0.05) is 0 Å². The van der Waals surface area contributed by atoms with Gasteiger partial charge in [0.25, 0.3) is 0 Å². The molecule has 0 saturated heterocycles. The predicted molar refractivity (Wildman–Crippen MR) is 139 cm³/mol. The molecule has 5 heteroatoms. The lowest BCUT2D eigenvalue weighted by Gasteiger charge is -2.41. The third-order valence-corrected chi connectivity index (χ3v) is 7.30. The number of carbonyl (C=O) groups excluding carboxylic acids is 1. The van der Waals surface area contributed by atoms with E-state index in [1.54, 1.807) is 0 Å². The first-order valence-electron chi connectivity index (χ1n) is 12.6. The Kier molecular flexibility index (Phi) is 10.7. The minimum absolute atomic E-state index is 0.0629. The normalized spacial score (nSPS) is 13.6. The smallest absolute Gasteiger partial charge is 0.312 e. The van der Waals surface area contributed by atoms with E-state index >= 15 is 0 Å². The van der Waals surface area contributed by atoms with Crippen LogP contribution in [0.5, 0.6) is 5.75 Å². The quantitative estimate of drug-likeness (QED) is 0.159. The van der Waals surface area contributed by atoms with Crippen molar-refractivity contribution in [2.45, 2.75) is 80.1 Å². The van der Waals surface area contributed by atoms with E-state index in [1.165, 1.54) is 0 Å². The molecule has 0 heterocycles. The topological polar surface area (TPSA) is 60.2 Å². The number of benzene rings is 2. The highest BCUT2D eigenvalue weighted by molar-refractivity contribution is 5.77. The summed E-state index contributed by atoms with van der Waals surface area (Å²) >= 11 is 0. The van der Waals surface area contributed by atoms with Crippen molar-refractivity contribution in [2.75, 3.05) is 13.2 Å². The molecule has 0 aliphatic carbocycles. The maximum atomic E-state index is 12.7. The molecule has 2 aromatic rings. The average molecular weight is 467 g/mol. The van der Waals surface area contributed by atoms with E-state index in [1.807, 2.05) is 62.4 Å². The number of ether oxygens (including phenoxy) is 2. The summed E-state index contributed by atoms with van der Waals surface area (Å²) < 4.78 is 11.5. The number of hydrogen-bond donors (Lipinski definition) is 0. The fraction of sp³-hybridized carbons (Fsp3) is 0.552. The van der Waals surface area contributed by atoms with Crippen molar-refractivity contribution in [3.8, 4) is 5.75 Å². The molecule has 34 heavy (non-hydrogen) atoms. The van der Waals surface area contributed by atoms with Gasteiger partial charge in [-0.15, -0.1) is 0 Å². The number of rotatable bonds is 14. The third kappa shape index (κ3) is 7.68. The van der Waals surface area contributed by atoms with Gasteiger partial charge in [-0.2, -0.15) is 10.2 Å². The minimum atomic E-state index is -0.437. The Balaban J connectivity index is 1.63. The summed E-state index contributed by atoms with van der Waals surface area (Å²) in [6.07, 6.45) is 5.67. The van der Waals surface area contributed by atoms with Crippen molar-refractivity contribution in [3.63, 3.8) is 0 Å². The van der Waals surface area contributed by atoms with Gasteiger partial charge in [0.05, 0.1) is 30.0 Å². The molecule has 0 radical (unpaired) electrons. The molecule has 1 unspecified atom stereocenters. The Morgan fingerprint density at radius 1 is 0.824 bits per heavy atom. The van der Waals surface area contributed by atoms with Crippen LogP contribution in [0, 0.1) is 17.8 Å². The number of aryl methyl sites for hydroxylation is 1. The van der Waals surface area contributed by atoms with Gasteiger partial charge in [0.2, 0.25) is 0 Å². The van der Waals surface area contributed by atoms with Crippen LogP contribution in [0.25, 0.3) is 0 Å². The van der Waals surface area contributed by atoms with E-state index in [0.717, 1.165) is 61.2 Å². The molecular weight excluding hydrogens is 424 g/mol. The van der Waals surface area contributed by atoms with E-state index in [0.29, 0.717) is 13.2 Å². The summed E-state index contributed by atoms with van der Waals surface area (Å²) in [6.45, 7) is 13.7. The molecule has 2 aromatic carbocycles. The van der Waals surface area contributed by atoms with Gasteiger partial charge >= 0.3 is 5.97 Å². The number of azo groups is 1. The van der Waals surface area contributed by atoms with Crippen molar-refractivity contribution in [2.24, 2.45) is 21.1 Å². The van der Waals surface area contributed by atoms with E-state index in [-0.39, 0.29) is 11.4 Å². The Morgan fingerprint density at radius 3 is 2.09 bits per heavy atom. The second-order valence-electron chi connectivity index (χ2n) is 9.80. The summed E-state index contributed by atoms with van der Waals surface area (Å²) in [5.74, 6) is 0.772. The lowest BCUT2D eigenvalue weighted by molar-refractivity contribution is -0.163. The van der Waals surface area contributed by atoms with Crippen molar-refractivity contribution >= 4 is 17.3 Å². The zero-order valence-corrected chi connectivity index (χ0v) is 21.9. The van der Waals surface area contributed by atoms with Gasteiger partial charge in [-0.05, 0) is 93.7 Å². The van der Waals surface area contributed by atoms with Crippen LogP contribution in [0.2, 0.25) is 0 Å². The highest BCUT2D eigenvalue weighted by atomic mass is 16.5. The molecule has 1 atom stereocenters. The molecule has 0 aromatic heterocycles. The van der Waals surface area contributed by atoms with Crippen molar-refractivity contribution in [3.05, 3.63) is 54.1 Å². The van der Waals surface area contributed by atoms with Gasteiger partial charge in [0.15, 0.2) is 0 Å². The first-order chi connectivity index (χ1) is 16.2.